The summed E-state index contributed by atoms with van der Waals surface area (Å²) in [4.78, 5) is 22.8. The van der Waals surface area contributed by atoms with Gasteiger partial charge in [-0.3, -0.25) is 9.36 Å². The van der Waals surface area contributed by atoms with E-state index in [1.807, 2.05) is 0 Å². The Bertz CT molecular complexity index is 516. The molecule has 5 nitrogen and oxygen atoms in total. The molecule has 0 aliphatic heterocycles. The lowest BCUT2D eigenvalue weighted by atomic mass is 10.3. The number of rotatable bonds is 3. The van der Waals surface area contributed by atoms with E-state index < -0.39 is 24.0 Å². The Hall–Kier alpha value is -1.57. The maximum absolute atomic E-state index is 11.9. The Morgan fingerprint density at radius 3 is 2.41 bits per heavy atom. The molecule has 8 heteroatoms. The third-order valence-corrected chi connectivity index (χ3v) is 2.16. The van der Waals surface area contributed by atoms with Gasteiger partial charge in [0.25, 0.3) is 5.56 Å². The number of hydrogen-bond donors (Lipinski definition) is 1. The summed E-state index contributed by atoms with van der Waals surface area (Å²) in [6, 6.07) is 0. The first kappa shape index (κ1) is 13.5. The Kier molecular flexibility index (Phi) is 3.76. The zero-order valence-electron chi connectivity index (χ0n) is 9.34. The van der Waals surface area contributed by atoms with Gasteiger partial charge in [-0.2, -0.15) is 13.2 Å². The number of nitrogens with one attached hydrogen (secondary N) is 1. The van der Waals surface area contributed by atoms with Gasteiger partial charge in [0.2, 0.25) is 0 Å². The van der Waals surface area contributed by atoms with E-state index in [2.05, 4.69) is 5.32 Å². The summed E-state index contributed by atoms with van der Waals surface area (Å²) in [7, 11) is 2.70. The fourth-order valence-corrected chi connectivity index (χ4v) is 1.34. The van der Waals surface area contributed by atoms with Crippen molar-refractivity contribution >= 4 is 0 Å². The Morgan fingerprint density at radius 2 is 1.88 bits per heavy atom. The van der Waals surface area contributed by atoms with Gasteiger partial charge in [-0.1, -0.05) is 0 Å². The molecule has 1 aromatic heterocycles. The normalized spacial score (nSPS) is 11.8. The molecule has 0 aromatic carbocycles. The predicted molar refractivity (Wildman–Crippen MR) is 54.7 cm³/mol. The van der Waals surface area contributed by atoms with Crippen molar-refractivity contribution in [2.75, 3.05) is 6.54 Å². The second kappa shape index (κ2) is 4.74. The SMILES string of the molecule is Cn1cc(CNCC(F)(F)F)c(=O)n(C)c1=O. The van der Waals surface area contributed by atoms with Gasteiger partial charge in [0, 0.05) is 32.4 Å². The molecule has 0 saturated carbocycles. The average Bonchev–Trinajstić information content (AvgIpc) is 2.21. The van der Waals surface area contributed by atoms with Gasteiger partial charge in [0.1, 0.15) is 0 Å². The molecule has 0 spiro atoms. The monoisotopic (exact) mass is 251 g/mol. The van der Waals surface area contributed by atoms with E-state index in [0.29, 0.717) is 0 Å². The van der Waals surface area contributed by atoms with E-state index in [1.54, 1.807) is 0 Å². The highest BCUT2D eigenvalue weighted by atomic mass is 19.4. The van der Waals surface area contributed by atoms with Crippen LogP contribution >= 0.6 is 0 Å². The molecule has 0 saturated heterocycles. The summed E-state index contributed by atoms with van der Waals surface area (Å²) in [5, 5.41) is 2.10. The van der Waals surface area contributed by atoms with Crippen LogP contribution in [0.3, 0.4) is 0 Å². The second-order valence-corrected chi connectivity index (χ2v) is 3.63. The first-order chi connectivity index (χ1) is 7.72. The summed E-state index contributed by atoms with van der Waals surface area (Å²) < 4.78 is 37.6. The van der Waals surface area contributed by atoms with E-state index in [0.717, 1.165) is 9.13 Å². The van der Waals surface area contributed by atoms with Crippen LogP contribution in [0.15, 0.2) is 15.8 Å². The molecule has 0 fully saturated rings. The van der Waals surface area contributed by atoms with Gasteiger partial charge in [0.05, 0.1) is 6.54 Å². The number of aryl methyl sites for hydroxylation is 1. The molecule has 0 aliphatic carbocycles. The second-order valence-electron chi connectivity index (χ2n) is 3.63. The summed E-state index contributed by atoms with van der Waals surface area (Å²) in [6.45, 7) is -1.42. The zero-order valence-corrected chi connectivity index (χ0v) is 9.34. The maximum Gasteiger partial charge on any atom is 0.401 e. The number of halogens is 3. The van der Waals surface area contributed by atoms with Gasteiger partial charge < -0.3 is 9.88 Å². The highest BCUT2D eigenvalue weighted by Crippen LogP contribution is 2.12. The Labute approximate surface area is 94.5 Å². The van der Waals surface area contributed by atoms with Gasteiger partial charge >= 0.3 is 11.9 Å². The van der Waals surface area contributed by atoms with Crippen LogP contribution in [0.25, 0.3) is 0 Å². The summed E-state index contributed by atoms with van der Waals surface area (Å²) >= 11 is 0. The quantitative estimate of drug-likeness (QED) is 0.805. The molecule has 0 amide bonds. The molecule has 0 atom stereocenters. The van der Waals surface area contributed by atoms with Crippen molar-refractivity contribution in [1.29, 1.82) is 0 Å². The summed E-state index contributed by atoms with van der Waals surface area (Å²) in [5.41, 5.74) is -1.00. The van der Waals surface area contributed by atoms with Crippen LogP contribution in [-0.2, 0) is 20.6 Å². The number of aromatic nitrogens is 2. The van der Waals surface area contributed by atoms with E-state index in [-0.39, 0.29) is 12.1 Å². The fraction of sp³-hybridized carbons (Fsp3) is 0.556. The number of nitrogens with zero attached hydrogens (tertiary/aromatic N) is 2. The van der Waals surface area contributed by atoms with Crippen molar-refractivity contribution in [2.24, 2.45) is 14.1 Å². The highest BCUT2D eigenvalue weighted by Gasteiger charge is 2.26. The molecular weight excluding hydrogens is 239 g/mol. The molecule has 0 radical (unpaired) electrons. The zero-order chi connectivity index (χ0) is 13.2. The Morgan fingerprint density at radius 1 is 1.29 bits per heavy atom. The van der Waals surface area contributed by atoms with Gasteiger partial charge in [-0.15, -0.1) is 0 Å². The highest BCUT2D eigenvalue weighted by molar-refractivity contribution is 5.05. The lowest BCUT2D eigenvalue weighted by Gasteiger charge is -2.09. The van der Waals surface area contributed by atoms with Crippen molar-refractivity contribution in [3.8, 4) is 0 Å². The molecule has 1 aromatic rings. The molecular formula is C9H12F3N3O2. The van der Waals surface area contributed by atoms with Crippen molar-refractivity contribution in [2.45, 2.75) is 12.7 Å². The van der Waals surface area contributed by atoms with E-state index in [4.69, 9.17) is 0 Å². The molecule has 0 bridgehead atoms. The average molecular weight is 251 g/mol. The van der Waals surface area contributed by atoms with Crippen molar-refractivity contribution in [3.05, 3.63) is 32.6 Å². The van der Waals surface area contributed by atoms with Crippen LogP contribution in [-0.4, -0.2) is 21.9 Å². The van der Waals surface area contributed by atoms with Gasteiger partial charge in [-0.25, -0.2) is 4.79 Å². The maximum atomic E-state index is 11.9. The van der Waals surface area contributed by atoms with E-state index in [1.165, 1.54) is 20.3 Å². The van der Waals surface area contributed by atoms with Crippen molar-refractivity contribution in [1.82, 2.24) is 14.5 Å². The lowest BCUT2D eigenvalue weighted by Crippen LogP contribution is -2.40. The van der Waals surface area contributed by atoms with Crippen molar-refractivity contribution < 1.29 is 13.2 Å². The molecule has 1 rings (SSSR count). The molecule has 1 heterocycles. The standard InChI is InChI=1S/C9H12F3N3O2/c1-14-4-6(3-13-5-9(10,11)12)7(16)15(2)8(14)17/h4,13H,3,5H2,1-2H3. The van der Waals surface area contributed by atoms with Crippen LogP contribution in [0.4, 0.5) is 13.2 Å². The third kappa shape index (κ3) is 3.45. The minimum atomic E-state index is -4.33. The molecule has 1 N–H and O–H groups in total. The van der Waals surface area contributed by atoms with Gasteiger partial charge in [-0.05, 0) is 0 Å². The molecule has 96 valence electrons. The topological polar surface area (TPSA) is 56.0 Å². The largest absolute Gasteiger partial charge is 0.401 e. The Balaban J connectivity index is 2.87. The van der Waals surface area contributed by atoms with Crippen LogP contribution in [0.1, 0.15) is 5.56 Å². The fourth-order valence-electron chi connectivity index (χ4n) is 1.34. The molecule has 0 unspecified atom stereocenters. The third-order valence-electron chi connectivity index (χ3n) is 2.16. The van der Waals surface area contributed by atoms with E-state index >= 15 is 0 Å². The van der Waals surface area contributed by atoms with Crippen molar-refractivity contribution in [3.63, 3.8) is 0 Å². The summed E-state index contributed by atoms with van der Waals surface area (Å²) in [5.74, 6) is 0. The minimum Gasteiger partial charge on any atom is -0.304 e. The molecule has 17 heavy (non-hydrogen) atoms. The van der Waals surface area contributed by atoms with Crippen LogP contribution < -0.4 is 16.6 Å². The first-order valence-electron chi connectivity index (χ1n) is 4.75. The molecule has 0 aliphatic rings. The van der Waals surface area contributed by atoms with Crippen LogP contribution in [0.2, 0.25) is 0 Å². The van der Waals surface area contributed by atoms with Crippen LogP contribution in [0.5, 0.6) is 0 Å². The van der Waals surface area contributed by atoms with Gasteiger partial charge in [0.15, 0.2) is 0 Å². The van der Waals surface area contributed by atoms with Crippen LogP contribution in [0, 0.1) is 0 Å². The number of alkyl halides is 3. The lowest BCUT2D eigenvalue weighted by molar-refractivity contribution is -0.125. The predicted octanol–water partition coefficient (Wildman–Crippen LogP) is -0.264. The summed E-state index contributed by atoms with van der Waals surface area (Å²) in [6.07, 6.45) is -3.10. The number of hydrogen-bond acceptors (Lipinski definition) is 3. The van der Waals surface area contributed by atoms with E-state index in [9.17, 15) is 22.8 Å². The smallest absolute Gasteiger partial charge is 0.304 e. The first-order valence-corrected chi connectivity index (χ1v) is 4.75. The minimum absolute atomic E-state index is 0.110.